The van der Waals surface area contributed by atoms with Gasteiger partial charge in [0.2, 0.25) is 5.91 Å². The van der Waals surface area contributed by atoms with Crippen LogP contribution in [0.25, 0.3) is 6.08 Å². The number of likely N-dealkylation sites (tertiary alicyclic amines) is 1. The van der Waals surface area contributed by atoms with Crippen molar-refractivity contribution >= 4 is 17.7 Å². The second-order valence-corrected chi connectivity index (χ2v) is 7.62. The lowest BCUT2D eigenvalue weighted by Crippen LogP contribution is -2.49. The van der Waals surface area contributed by atoms with Crippen molar-refractivity contribution in [3.8, 4) is 0 Å². The van der Waals surface area contributed by atoms with Gasteiger partial charge in [-0.05, 0) is 48.1 Å². The molecule has 2 heterocycles. The largest absolute Gasteiger partial charge is 0.374 e. The van der Waals surface area contributed by atoms with Gasteiger partial charge in [-0.25, -0.2) is 0 Å². The van der Waals surface area contributed by atoms with E-state index < -0.39 is 0 Å². The lowest BCUT2D eigenvalue weighted by Gasteiger charge is -2.42. The van der Waals surface area contributed by atoms with Gasteiger partial charge in [-0.2, -0.15) is 0 Å². The van der Waals surface area contributed by atoms with E-state index >= 15 is 0 Å². The van der Waals surface area contributed by atoms with Crippen molar-refractivity contribution in [3.63, 3.8) is 0 Å². The normalized spacial score (nSPS) is 20.0. The fraction of sp³-hybridized carbons (Fsp3) is 0.348. The summed E-state index contributed by atoms with van der Waals surface area (Å²) in [4.78, 5) is 17.3. The van der Waals surface area contributed by atoms with E-state index in [1.165, 1.54) is 22.4 Å². The molecule has 3 heteroatoms. The summed E-state index contributed by atoms with van der Waals surface area (Å²) < 4.78 is 0. The van der Waals surface area contributed by atoms with Crippen LogP contribution in [-0.4, -0.2) is 29.9 Å². The molecule has 26 heavy (non-hydrogen) atoms. The molecule has 132 valence electrons. The number of carbonyl (C=O) groups excluding carboxylic acids is 1. The Kier molecular flexibility index (Phi) is 3.81. The number of carbonyl (C=O) groups is 1. The Bertz CT molecular complexity index is 877. The van der Waals surface area contributed by atoms with Gasteiger partial charge in [-0.15, -0.1) is 0 Å². The molecule has 3 nitrogen and oxygen atoms in total. The average molecular weight is 344 g/mol. The maximum Gasteiger partial charge on any atom is 0.227 e. The number of fused-ring (bicyclic) bond motifs is 2. The molecule has 1 saturated heterocycles. The van der Waals surface area contributed by atoms with E-state index in [4.69, 9.17) is 0 Å². The number of rotatable bonds is 2. The summed E-state index contributed by atoms with van der Waals surface area (Å²) in [5.41, 5.74) is 6.71. The first-order valence-electron chi connectivity index (χ1n) is 9.73. The molecule has 1 aliphatic carbocycles. The maximum atomic E-state index is 12.6. The van der Waals surface area contributed by atoms with Crippen molar-refractivity contribution in [2.75, 3.05) is 18.0 Å². The third kappa shape index (κ3) is 2.63. The predicted molar refractivity (Wildman–Crippen MR) is 105 cm³/mol. The molecule has 0 unspecified atom stereocenters. The zero-order valence-electron chi connectivity index (χ0n) is 15.0. The number of allylic oxidation sites excluding steroid dienone is 1. The molecule has 2 aliphatic heterocycles. The molecule has 0 aromatic heterocycles. The van der Waals surface area contributed by atoms with Gasteiger partial charge in [0.25, 0.3) is 0 Å². The Morgan fingerprint density at radius 1 is 0.846 bits per heavy atom. The molecule has 0 atom stereocenters. The first kappa shape index (κ1) is 15.7. The van der Waals surface area contributed by atoms with Crippen molar-refractivity contribution in [3.05, 3.63) is 70.9 Å². The number of piperidine rings is 1. The van der Waals surface area contributed by atoms with Crippen LogP contribution in [0.1, 0.15) is 36.0 Å². The van der Waals surface area contributed by atoms with Crippen molar-refractivity contribution in [2.45, 2.75) is 38.1 Å². The lowest BCUT2D eigenvalue weighted by molar-refractivity contribution is -0.119. The van der Waals surface area contributed by atoms with Gasteiger partial charge in [0.05, 0.1) is 0 Å². The highest BCUT2D eigenvalue weighted by Gasteiger charge is 2.33. The van der Waals surface area contributed by atoms with Crippen molar-refractivity contribution in [2.24, 2.45) is 0 Å². The smallest absolute Gasteiger partial charge is 0.227 e. The number of hydrogen-bond acceptors (Lipinski definition) is 2. The van der Waals surface area contributed by atoms with E-state index in [2.05, 4.69) is 64.4 Å². The van der Waals surface area contributed by atoms with Gasteiger partial charge in [0.1, 0.15) is 0 Å². The van der Waals surface area contributed by atoms with Crippen LogP contribution >= 0.6 is 0 Å². The molecule has 3 aliphatic rings. The quantitative estimate of drug-likeness (QED) is 0.821. The average Bonchev–Trinajstić information content (AvgIpc) is 3.12. The fourth-order valence-electron chi connectivity index (χ4n) is 4.73. The Labute approximate surface area is 154 Å². The molecular formula is C23H24N2O. The topological polar surface area (TPSA) is 23.6 Å². The second-order valence-electron chi connectivity index (χ2n) is 7.62. The van der Waals surface area contributed by atoms with E-state index in [0.717, 1.165) is 44.5 Å². The SMILES string of the molecule is O=C1CCc2ccccc2N1C1CCN(C2=Cc3ccccc3C2)CC1. The molecule has 0 saturated carbocycles. The van der Waals surface area contributed by atoms with Crippen molar-refractivity contribution in [1.29, 1.82) is 0 Å². The van der Waals surface area contributed by atoms with Crippen molar-refractivity contribution < 1.29 is 4.79 Å². The molecular weight excluding hydrogens is 320 g/mol. The summed E-state index contributed by atoms with van der Waals surface area (Å²) in [5.74, 6) is 0.301. The van der Waals surface area contributed by atoms with E-state index in [-0.39, 0.29) is 0 Å². The van der Waals surface area contributed by atoms with Crippen LogP contribution in [0, 0.1) is 0 Å². The highest BCUT2D eigenvalue weighted by Crippen LogP contribution is 2.34. The van der Waals surface area contributed by atoms with Crippen LogP contribution in [0.5, 0.6) is 0 Å². The summed E-state index contributed by atoms with van der Waals surface area (Å²) in [6.07, 6.45) is 7.03. The van der Waals surface area contributed by atoms with E-state index in [1.807, 2.05) is 0 Å². The number of para-hydroxylation sites is 1. The molecule has 1 fully saturated rings. The minimum Gasteiger partial charge on any atom is -0.374 e. The molecule has 0 bridgehead atoms. The van der Waals surface area contributed by atoms with Crippen LogP contribution in [0.15, 0.2) is 54.2 Å². The Balaban J connectivity index is 1.30. The van der Waals surface area contributed by atoms with Gasteiger partial charge in [0, 0.05) is 43.4 Å². The summed E-state index contributed by atoms with van der Waals surface area (Å²) in [5, 5.41) is 0. The molecule has 2 aromatic rings. The molecule has 2 aromatic carbocycles. The van der Waals surface area contributed by atoms with Gasteiger partial charge in [-0.1, -0.05) is 42.5 Å². The molecule has 5 rings (SSSR count). The summed E-state index contributed by atoms with van der Waals surface area (Å²) >= 11 is 0. The van der Waals surface area contributed by atoms with E-state index in [1.54, 1.807) is 0 Å². The number of aryl methyl sites for hydroxylation is 1. The van der Waals surface area contributed by atoms with Gasteiger partial charge in [0.15, 0.2) is 0 Å². The number of amides is 1. The monoisotopic (exact) mass is 344 g/mol. The highest BCUT2D eigenvalue weighted by molar-refractivity contribution is 5.97. The van der Waals surface area contributed by atoms with Crippen LogP contribution in [0.2, 0.25) is 0 Å². The molecule has 0 radical (unpaired) electrons. The number of benzene rings is 2. The van der Waals surface area contributed by atoms with E-state index in [0.29, 0.717) is 18.4 Å². The van der Waals surface area contributed by atoms with Crippen LogP contribution < -0.4 is 4.90 Å². The first-order valence-corrected chi connectivity index (χ1v) is 9.73. The van der Waals surface area contributed by atoms with Gasteiger partial charge in [-0.3, -0.25) is 4.79 Å². The molecule has 0 N–H and O–H groups in total. The second kappa shape index (κ2) is 6.31. The fourth-order valence-corrected chi connectivity index (χ4v) is 4.73. The lowest BCUT2D eigenvalue weighted by atomic mass is 9.95. The van der Waals surface area contributed by atoms with Crippen LogP contribution in [0.3, 0.4) is 0 Å². The third-order valence-electron chi connectivity index (χ3n) is 6.11. The predicted octanol–water partition coefficient (Wildman–Crippen LogP) is 4.03. The number of hydrogen-bond donors (Lipinski definition) is 0. The Morgan fingerprint density at radius 2 is 1.58 bits per heavy atom. The summed E-state index contributed by atoms with van der Waals surface area (Å²) in [6.45, 7) is 2.08. The first-order chi connectivity index (χ1) is 12.8. The van der Waals surface area contributed by atoms with Gasteiger partial charge < -0.3 is 9.80 Å². The standard InChI is InChI=1S/C23H24N2O/c26-23-10-9-17-5-3-4-8-22(17)25(23)20-11-13-24(14-12-20)21-15-18-6-1-2-7-19(18)16-21/h1-8,15,20H,9-14,16H2. The molecule has 0 spiro atoms. The van der Waals surface area contributed by atoms with Crippen molar-refractivity contribution in [1.82, 2.24) is 4.90 Å². The summed E-state index contributed by atoms with van der Waals surface area (Å²) in [7, 11) is 0. The zero-order valence-corrected chi connectivity index (χ0v) is 15.0. The van der Waals surface area contributed by atoms with Crippen LogP contribution in [-0.2, 0) is 17.6 Å². The number of anilines is 1. The van der Waals surface area contributed by atoms with E-state index in [9.17, 15) is 4.79 Å². The minimum absolute atomic E-state index is 0.301. The van der Waals surface area contributed by atoms with Crippen LogP contribution in [0.4, 0.5) is 5.69 Å². The Hall–Kier alpha value is -2.55. The minimum atomic E-state index is 0.301. The Morgan fingerprint density at radius 3 is 2.38 bits per heavy atom. The number of nitrogens with zero attached hydrogens (tertiary/aromatic N) is 2. The summed E-state index contributed by atoms with van der Waals surface area (Å²) in [6, 6.07) is 17.4. The van der Waals surface area contributed by atoms with Gasteiger partial charge >= 0.3 is 0 Å². The highest BCUT2D eigenvalue weighted by atomic mass is 16.2. The third-order valence-corrected chi connectivity index (χ3v) is 6.11. The zero-order chi connectivity index (χ0) is 17.5. The maximum absolute atomic E-state index is 12.6. The molecule has 1 amide bonds.